The van der Waals surface area contributed by atoms with Gasteiger partial charge in [-0.1, -0.05) is 13.0 Å². The third-order valence-corrected chi connectivity index (χ3v) is 12.9. The average molecular weight is 799 g/mol. The Morgan fingerprint density at radius 1 is 0.914 bits per heavy atom. The number of carbonyl (C=O) groups excluding carboxylic acids is 4. The lowest BCUT2D eigenvalue weighted by Crippen LogP contribution is -2.64. The van der Waals surface area contributed by atoms with Gasteiger partial charge in [-0.2, -0.15) is 0 Å². The largest absolute Gasteiger partial charge is 0.504 e. The van der Waals surface area contributed by atoms with Gasteiger partial charge >= 0.3 is 6.03 Å². The minimum atomic E-state index is -1.07. The lowest BCUT2D eigenvalue weighted by Gasteiger charge is -2.49. The fourth-order valence-corrected chi connectivity index (χ4v) is 9.70. The molecule has 1 aromatic heterocycles. The number of benzene rings is 2. The molecule has 3 N–H and O–H groups in total. The molecule has 4 fully saturated rings. The number of aromatic hydroxyl groups is 1. The summed E-state index contributed by atoms with van der Waals surface area (Å²) in [6.07, 6.45) is 3.49. The van der Waals surface area contributed by atoms with Crippen LogP contribution in [0.5, 0.6) is 5.75 Å². The molecule has 0 saturated carbocycles. The van der Waals surface area contributed by atoms with Gasteiger partial charge in [0.05, 0.1) is 17.4 Å². The molecule has 7 heterocycles. The maximum Gasteiger partial charge on any atom is 0.320 e. The SMILES string of the molecule is CCC1CN(CC2CCN(c3ccc4c(c3)C(=O)N(C3CCC(=O)NC3=O)C4)CC2)CCN1C(=O)N1CCN2c3cc(-c4cc(F)cc(F)c4O)nnc3NCC2C1. The van der Waals surface area contributed by atoms with Crippen molar-refractivity contribution < 1.29 is 33.1 Å². The number of halogens is 2. The number of carbonyl (C=O) groups is 4. The highest BCUT2D eigenvalue weighted by atomic mass is 19.1. The van der Waals surface area contributed by atoms with Gasteiger partial charge in [0.1, 0.15) is 11.9 Å². The van der Waals surface area contributed by atoms with Crippen molar-refractivity contribution in [3.63, 3.8) is 0 Å². The van der Waals surface area contributed by atoms with E-state index in [4.69, 9.17) is 0 Å². The van der Waals surface area contributed by atoms with Crippen LogP contribution < -0.4 is 20.4 Å². The smallest absolute Gasteiger partial charge is 0.320 e. The van der Waals surface area contributed by atoms with Gasteiger partial charge in [0.25, 0.3) is 5.91 Å². The van der Waals surface area contributed by atoms with Crippen LogP contribution >= 0.6 is 0 Å². The van der Waals surface area contributed by atoms with Gasteiger partial charge in [0.2, 0.25) is 11.8 Å². The molecule has 0 spiro atoms. The first-order valence-corrected chi connectivity index (χ1v) is 20.4. The first-order chi connectivity index (χ1) is 28.0. The Kier molecular flexibility index (Phi) is 10.0. The molecule has 3 unspecified atom stereocenters. The van der Waals surface area contributed by atoms with E-state index in [0.717, 1.165) is 69.3 Å². The highest BCUT2D eigenvalue weighted by Gasteiger charge is 2.41. The van der Waals surface area contributed by atoms with E-state index >= 15 is 0 Å². The van der Waals surface area contributed by atoms with E-state index in [1.807, 2.05) is 21.9 Å². The molecule has 0 aliphatic carbocycles. The molecular formula is C41H48F2N10O5. The molecule has 17 heteroatoms. The average Bonchev–Trinajstić information content (AvgIpc) is 3.56. The molecule has 3 atom stereocenters. The molecule has 9 rings (SSSR count). The number of piperazine rings is 2. The summed E-state index contributed by atoms with van der Waals surface area (Å²) in [5, 5.41) is 24.3. The van der Waals surface area contributed by atoms with Crippen molar-refractivity contribution in [2.24, 2.45) is 5.92 Å². The summed E-state index contributed by atoms with van der Waals surface area (Å²) in [5.41, 5.74) is 3.35. The Bertz CT molecular complexity index is 2150. The van der Waals surface area contributed by atoms with Gasteiger partial charge in [-0.3, -0.25) is 24.6 Å². The number of urea groups is 1. The first-order valence-electron chi connectivity index (χ1n) is 20.4. The number of aromatic nitrogens is 2. The van der Waals surface area contributed by atoms with Crippen LogP contribution in [-0.4, -0.2) is 142 Å². The van der Waals surface area contributed by atoms with Crippen LogP contribution in [0.1, 0.15) is 54.9 Å². The van der Waals surface area contributed by atoms with Crippen molar-refractivity contribution in [3.05, 3.63) is 59.2 Å². The number of nitrogens with one attached hydrogen (secondary N) is 2. The number of hydrogen-bond donors (Lipinski definition) is 3. The zero-order valence-electron chi connectivity index (χ0n) is 32.5. The van der Waals surface area contributed by atoms with Crippen LogP contribution in [0.25, 0.3) is 11.3 Å². The van der Waals surface area contributed by atoms with Crippen LogP contribution in [0.3, 0.4) is 0 Å². The van der Waals surface area contributed by atoms with Gasteiger partial charge in [0.15, 0.2) is 17.4 Å². The normalized spacial score (nSPS) is 24.0. The van der Waals surface area contributed by atoms with Crippen LogP contribution in [0, 0.1) is 17.6 Å². The van der Waals surface area contributed by atoms with E-state index < -0.39 is 29.3 Å². The fourth-order valence-electron chi connectivity index (χ4n) is 9.70. The van der Waals surface area contributed by atoms with Gasteiger partial charge in [-0.15, -0.1) is 10.2 Å². The van der Waals surface area contributed by atoms with E-state index in [2.05, 4.69) is 48.5 Å². The lowest BCUT2D eigenvalue weighted by molar-refractivity contribution is -0.136. The van der Waals surface area contributed by atoms with E-state index in [-0.39, 0.29) is 47.6 Å². The molecule has 306 valence electrons. The second-order valence-electron chi connectivity index (χ2n) is 16.4. The van der Waals surface area contributed by atoms with Crippen molar-refractivity contribution in [2.45, 2.75) is 63.7 Å². The number of hydrogen-bond acceptors (Lipinski definition) is 11. The topological polar surface area (TPSA) is 158 Å². The fraction of sp³-hybridized carbons (Fsp3) is 0.512. The van der Waals surface area contributed by atoms with Crippen LogP contribution in [0.2, 0.25) is 0 Å². The second kappa shape index (κ2) is 15.3. The molecule has 6 aliphatic heterocycles. The summed E-state index contributed by atoms with van der Waals surface area (Å²) in [4.78, 5) is 64.2. The molecule has 15 nitrogen and oxygen atoms in total. The summed E-state index contributed by atoms with van der Waals surface area (Å²) in [6, 6.07) is 8.85. The molecule has 4 saturated heterocycles. The van der Waals surface area contributed by atoms with E-state index in [1.54, 1.807) is 11.0 Å². The standard InChI is InChI=1S/C41H48F2N10O5/c1-2-27-22-48(20-24-7-9-49(10-8-24)28-4-3-25-21-53(40(57)30(25)17-28)34-5-6-36(54)45-39(34)56)11-13-52(27)41(58)50-12-14-51-29(23-50)19-44-38-35(51)18-33(46-47-38)31-15-26(42)16-32(43)37(31)55/h3-4,15-18,24,27,29,34,55H,2,5-14,19-23H2,1H3,(H,44,47)(H,45,54,56). The Labute approximate surface area is 334 Å². The number of imide groups is 1. The maximum atomic E-state index is 14.1. The number of rotatable bonds is 6. The molecule has 0 bridgehead atoms. The third-order valence-electron chi connectivity index (χ3n) is 12.9. The van der Waals surface area contributed by atoms with Gasteiger partial charge in [-0.25, -0.2) is 13.6 Å². The van der Waals surface area contributed by atoms with Crippen molar-refractivity contribution in [1.29, 1.82) is 0 Å². The van der Waals surface area contributed by atoms with Gasteiger partial charge in [-0.05, 0) is 61.4 Å². The monoisotopic (exact) mass is 798 g/mol. The van der Waals surface area contributed by atoms with Gasteiger partial charge in [0, 0.05) is 107 Å². The Hall–Kier alpha value is -5.58. The van der Waals surface area contributed by atoms with Crippen LogP contribution in [0.15, 0.2) is 36.4 Å². The zero-order chi connectivity index (χ0) is 40.2. The van der Waals surface area contributed by atoms with Crippen molar-refractivity contribution in [2.75, 3.05) is 80.6 Å². The molecule has 2 aromatic carbocycles. The van der Waals surface area contributed by atoms with Crippen LogP contribution in [0.4, 0.5) is 30.8 Å². The quantitative estimate of drug-likeness (QED) is 0.315. The summed E-state index contributed by atoms with van der Waals surface area (Å²) in [5.74, 6) is -2.35. The molecule has 3 aromatic rings. The minimum absolute atomic E-state index is 0.0443. The number of amides is 5. The molecular weight excluding hydrogens is 751 g/mol. The summed E-state index contributed by atoms with van der Waals surface area (Å²) in [6.45, 7) is 9.69. The third kappa shape index (κ3) is 7.02. The zero-order valence-corrected chi connectivity index (χ0v) is 32.5. The lowest BCUT2D eigenvalue weighted by atomic mass is 9.94. The van der Waals surface area contributed by atoms with Crippen molar-refractivity contribution in [3.8, 4) is 17.0 Å². The predicted molar refractivity (Wildman–Crippen MR) is 210 cm³/mol. The minimum Gasteiger partial charge on any atom is -0.504 e. The first kappa shape index (κ1) is 38.0. The predicted octanol–water partition coefficient (Wildman–Crippen LogP) is 3.24. The number of phenolic OH excluding ortho intramolecular Hbond substituents is 1. The highest BCUT2D eigenvalue weighted by molar-refractivity contribution is 6.05. The summed E-state index contributed by atoms with van der Waals surface area (Å²) in [7, 11) is 0. The molecule has 58 heavy (non-hydrogen) atoms. The molecule has 6 aliphatic rings. The number of phenols is 1. The van der Waals surface area contributed by atoms with E-state index in [0.29, 0.717) is 74.7 Å². The highest BCUT2D eigenvalue weighted by Crippen LogP contribution is 2.38. The second-order valence-corrected chi connectivity index (χ2v) is 16.4. The maximum absolute atomic E-state index is 14.1. The van der Waals surface area contributed by atoms with E-state index in [1.165, 1.54) is 0 Å². The van der Waals surface area contributed by atoms with Gasteiger partial charge < -0.3 is 34.9 Å². The number of fused-ring (bicyclic) bond motifs is 4. The number of piperidine rings is 2. The summed E-state index contributed by atoms with van der Waals surface area (Å²) < 4.78 is 28.2. The van der Waals surface area contributed by atoms with E-state index in [9.17, 15) is 33.1 Å². The van der Waals surface area contributed by atoms with Crippen molar-refractivity contribution >= 4 is 40.9 Å². The number of anilines is 3. The Balaban J connectivity index is 0.770. The molecule has 5 amide bonds. The Morgan fingerprint density at radius 3 is 2.53 bits per heavy atom. The summed E-state index contributed by atoms with van der Waals surface area (Å²) >= 11 is 0. The molecule has 0 radical (unpaired) electrons. The van der Waals surface area contributed by atoms with Crippen LogP contribution in [-0.2, 0) is 16.1 Å². The Morgan fingerprint density at radius 2 is 1.74 bits per heavy atom. The van der Waals surface area contributed by atoms with Crippen molar-refractivity contribution in [1.82, 2.24) is 35.1 Å². The number of nitrogens with zero attached hydrogens (tertiary/aromatic N) is 8.